The average Bonchev–Trinajstić information content (AvgIpc) is 3.21. The van der Waals surface area contributed by atoms with Crippen LogP contribution in [0.2, 0.25) is 0 Å². The lowest BCUT2D eigenvalue weighted by Crippen LogP contribution is -2.38. The maximum absolute atomic E-state index is 13.0. The number of carbonyl (C=O) groups excluding carboxylic acids is 2. The standard InChI is InChI=1S/C23H36N6O3/c1-14(10-18-15(2)27-28(7)16(18)3)26-21(30)19-13-25-29-9-8-17(11-20(19)29)12-24-22(31)32-23(4,5)6/h13-14,17H,8-12H2,1-7H3,(H,24,31)(H,26,30). The summed E-state index contributed by atoms with van der Waals surface area (Å²) in [7, 11) is 1.93. The molecule has 0 aliphatic carbocycles. The molecule has 2 aromatic heterocycles. The van der Waals surface area contributed by atoms with Gasteiger partial charge in [0.05, 0.1) is 23.1 Å². The minimum Gasteiger partial charge on any atom is -0.444 e. The monoisotopic (exact) mass is 444 g/mol. The van der Waals surface area contributed by atoms with Gasteiger partial charge in [0.15, 0.2) is 0 Å². The van der Waals surface area contributed by atoms with Crippen molar-refractivity contribution in [2.75, 3.05) is 6.54 Å². The molecule has 32 heavy (non-hydrogen) atoms. The second kappa shape index (κ2) is 9.34. The highest BCUT2D eigenvalue weighted by Gasteiger charge is 2.27. The van der Waals surface area contributed by atoms with Gasteiger partial charge in [-0.05, 0) is 72.3 Å². The zero-order valence-electron chi connectivity index (χ0n) is 20.3. The minimum absolute atomic E-state index is 0.0344. The van der Waals surface area contributed by atoms with E-state index in [-0.39, 0.29) is 17.9 Å². The summed E-state index contributed by atoms with van der Waals surface area (Å²) < 4.78 is 9.09. The Labute approximate surface area is 189 Å². The lowest BCUT2D eigenvalue weighted by atomic mass is 9.94. The Bertz CT molecular complexity index is 985. The van der Waals surface area contributed by atoms with Crippen LogP contribution in [0.5, 0.6) is 0 Å². The molecule has 0 bridgehead atoms. The molecular formula is C23H36N6O3. The Morgan fingerprint density at radius 3 is 2.66 bits per heavy atom. The highest BCUT2D eigenvalue weighted by atomic mass is 16.6. The van der Waals surface area contributed by atoms with Crippen LogP contribution in [0.25, 0.3) is 0 Å². The van der Waals surface area contributed by atoms with Crippen LogP contribution in [0.4, 0.5) is 4.79 Å². The number of aryl methyl sites for hydroxylation is 3. The van der Waals surface area contributed by atoms with Crippen LogP contribution >= 0.6 is 0 Å². The number of nitrogens with zero attached hydrogens (tertiary/aromatic N) is 4. The van der Waals surface area contributed by atoms with Gasteiger partial charge in [-0.25, -0.2) is 4.79 Å². The number of nitrogens with one attached hydrogen (secondary N) is 2. The highest BCUT2D eigenvalue weighted by molar-refractivity contribution is 5.95. The van der Waals surface area contributed by atoms with Crippen molar-refractivity contribution < 1.29 is 14.3 Å². The predicted octanol–water partition coefficient (Wildman–Crippen LogP) is 2.68. The molecule has 1 aliphatic heterocycles. The van der Waals surface area contributed by atoms with E-state index in [0.29, 0.717) is 18.5 Å². The van der Waals surface area contributed by atoms with Gasteiger partial charge in [-0.15, -0.1) is 0 Å². The van der Waals surface area contributed by atoms with Crippen LogP contribution in [0.1, 0.15) is 67.1 Å². The largest absolute Gasteiger partial charge is 0.444 e. The molecule has 9 heteroatoms. The third-order valence-corrected chi connectivity index (χ3v) is 5.91. The fraction of sp³-hybridized carbons (Fsp3) is 0.652. The van der Waals surface area contributed by atoms with Crippen LogP contribution in [0.3, 0.4) is 0 Å². The summed E-state index contributed by atoms with van der Waals surface area (Å²) in [4.78, 5) is 25.0. The zero-order chi connectivity index (χ0) is 23.6. The fourth-order valence-corrected chi connectivity index (χ4v) is 4.18. The van der Waals surface area contributed by atoms with Crippen LogP contribution < -0.4 is 10.6 Å². The lowest BCUT2D eigenvalue weighted by molar-refractivity contribution is 0.0516. The van der Waals surface area contributed by atoms with E-state index >= 15 is 0 Å². The van der Waals surface area contributed by atoms with Crippen molar-refractivity contribution >= 4 is 12.0 Å². The van der Waals surface area contributed by atoms with E-state index in [9.17, 15) is 9.59 Å². The first-order valence-corrected chi connectivity index (χ1v) is 11.3. The van der Waals surface area contributed by atoms with E-state index < -0.39 is 11.7 Å². The molecule has 0 aromatic carbocycles. The van der Waals surface area contributed by atoms with Crippen LogP contribution in [0, 0.1) is 19.8 Å². The van der Waals surface area contributed by atoms with Gasteiger partial charge in [0.25, 0.3) is 5.91 Å². The van der Waals surface area contributed by atoms with Gasteiger partial charge in [0.2, 0.25) is 0 Å². The minimum atomic E-state index is -0.524. The smallest absolute Gasteiger partial charge is 0.407 e. The quantitative estimate of drug-likeness (QED) is 0.713. The first-order valence-electron chi connectivity index (χ1n) is 11.3. The Balaban J connectivity index is 1.59. The Morgan fingerprint density at radius 2 is 2.03 bits per heavy atom. The molecule has 0 fully saturated rings. The predicted molar refractivity (Wildman–Crippen MR) is 122 cm³/mol. The average molecular weight is 445 g/mol. The molecule has 2 unspecified atom stereocenters. The van der Waals surface area contributed by atoms with Gasteiger partial charge in [-0.2, -0.15) is 10.2 Å². The summed E-state index contributed by atoms with van der Waals surface area (Å²) in [5, 5.41) is 14.8. The van der Waals surface area contributed by atoms with Gasteiger partial charge in [0, 0.05) is 31.9 Å². The highest BCUT2D eigenvalue weighted by Crippen LogP contribution is 2.23. The maximum atomic E-state index is 13.0. The fourth-order valence-electron chi connectivity index (χ4n) is 4.18. The molecule has 2 aromatic rings. The number of alkyl carbamates (subject to hydrolysis) is 1. The van der Waals surface area contributed by atoms with E-state index in [2.05, 4.69) is 20.8 Å². The number of hydrogen-bond acceptors (Lipinski definition) is 5. The topological polar surface area (TPSA) is 103 Å². The molecule has 0 saturated carbocycles. The van der Waals surface area contributed by atoms with Crippen molar-refractivity contribution in [3.63, 3.8) is 0 Å². The van der Waals surface area contributed by atoms with Crippen LogP contribution in [-0.4, -0.2) is 49.7 Å². The Morgan fingerprint density at radius 1 is 1.31 bits per heavy atom. The molecule has 2 atom stereocenters. The lowest BCUT2D eigenvalue weighted by Gasteiger charge is -2.25. The first-order chi connectivity index (χ1) is 14.9. The van der Waals surface area contributed by atoms with Crippen LogP contribution in [-0.2, 0) is 31.2 Å². The van der Waals surface area contributed by atoms with Gasteiger partial charge < -0.3 is 15.4 Å². The van der Waals surface area contributed by atoms with Gasteiger partial charge in [0.1, 0.15) is 5.60 Å². The van der Waals surface area contributed by atoms with E-state index in [4.69, 9.17) is 4.74 Å². The number of aromatic nitrogens is 4. The molecule has 176 valence electrons. The third-order valence-electron chi connectivity index (χ3n) is 5.91. The molecule has 3 rings (SSSR count). The summed E-state index contributed by atoms with van der Waals surface area (Å²) in [6.07, 6.45) is 3.55. The number of carbonyl (C=O) groups is 2. The molecule has 2 N–H and O–H groups in total. The summed E-state index contributed by atoms with van der Waals surface area (Å²) in [5.41, 5.74) is 4.29. The molecule has 0 saturated heterocycles. The molecule has 9 nitrogen and oxygen atoms in total. The number of rotatable bonds is 6. The SMILES string of the molecule is Cc1nn(C)c(C)c1CC(C)NC(=O)c1cnn2c1CC(CNC(=O)OC(C)(C)C)CC2. The van der Waals surface area contributed by atoms with E-state index in [1.165, 1.54) is 5.56 Å². The van der Waals surface area contributed by atoms with Crippen molar-refractivity contribution in [1.29, 1.82) is 0 Å². The second-order valence-corrected chi connectivity index (χ2v) is 9.82. The van der Waals surface area contributed by atoms with Crippen molar-refractivity contribution in [3.8, 4) is 0 Å². The summed E-state index contributed by atoms with van der Waals surface area (Å²) in [6.45, 7) is 12.8. The second-order valence-electron chi connectivity index (χ2n) is 9.82. The summed E-state index contributed by atoms with van der Waals surface area (Å²) in [5.74, 6) is 0.120. The number of amides is 2. The Hall–Kier alpha value is -2.84. The molecule has 1 aliphatic rings. The molecule has 0 radical (unpaired) electrons. The summed E-state index contributed by atoms with van der Waals surface area (Å²) >= 11 is 0. The van der Waals surface area contributed by atoms with Crippen LogP contribution in [0.15, 0.2) is 6.20 Å². The number of hydrogen-bond donors (Lipinski definition) is 2. The summed E-state index contributed by atoms with van der Waals surface area (Å²) in [6, 6.07) is -0.0344. The van der Waals surface area contributed by atoms with Crippen molar-refractivity contribution in [1.82, 2.24) is 30.2 Å². The van der Waals surface area contributed by atoms with Crippen molar-refractivity contribution in [2.45, 2.75) is 79.0 Å². The first kappa shape index (κ1) is 23.8. The molecular weight excluding hydrogens is 408 g/mol. The third kappa shape index (κ3) is 5.69. The van der Waals surface area contributed by atoms with Gasteiger partial charge in [-0.1, -0.05) is 0 Å². The number of ether oxygens (including phenoxy) is 1. The number of fused-ring (bicyclic) bond motifs is 1. The maximum Gasteiger partial charge on any atom is 0.407 e. The van der Waals surface area contributed by atoms with Gasteiger partial charge >= 0.3 is 6.09 Å². The van der Waals surface area contributed by atoms with E-state index in [1.54, 1.807) is 6.20 Å². The molecule has 0 spiro atoms. The van der Waals surface area contributed by atoms with Crippen molar-refractivity contribution in [2.24, 2.45) is 13.0 Å². The Kier molecular flexibility index (Phi) is 6.95. The van der Waals surface area contributed by atoms with Gasteiger partial charge in [-0.3, -0.25) is 14.2 Å². The molecule has 3 heterocycles. The van der Waals surface area contributed by atoms with E-state index in [0.717, 1.165) is 36.5 Å². The van der Waals surface area contributed by atoms with Crippen molar-refractivity contribution in [3.05, 3.63) is 34.4 Å². The molecule has 2 amide bonds. The normalized spacial score (nSPS) is 16.9. The zero-order valence-corrected chi connectivity index (χ0v) is 20.3. The van der Waals surface area contributed by atoms with E-state index in [1.807, 2.05) is 58.0 Å².